The molecule has 0 bridgehead atoms. The van der Waals surface area contributed by atoms with Crippen molar-refractivity contribution in [3.05, 3.63) is 64.1 Å². The van der Waals surface area contributed by atoms with Crippen molar-refractivity contribution in [3.8, 4) is 5.75 Å². The molecule has 2 unspecified atom stereocenters. The van der Waals surface area contributed by atoms with Crippen LogP contribution in [0.4, 0.5) is 0 Å². The van der Waals surface area contributed by atoms with E-state index >= 15 is 0 Å². The number of nitrogens with zero attached hydrogens (tertiary/aromatic N) is 1. The summed E-state index contributed by atoms with van der Waals surface area (Å²) in [5.41, 5.74) is 2.85. The van der Waals surface area contributed by atoms with Crippen molar-refractivity contribution in [2.45, 2.75) is 45.2 Å². The lowest BCUT2D eigenvalue weighted by Crippen LogP contribution is -2.41. The van der Waals surface area contributed by atoms with Crippen LogP contribution < -0.4 is 15.7 Å². The van der Waals surface area contributed by atoms with Crippen molar-refractivity contribution < 1.29 is 9.53 Å². The van der Waals surface area contributed by atoms with E-state index in [4.69, 9.17) is 4.74 Å². The van der Waals surface area contributed by atoms with Crippen molar-refractivity contribution in [2.24, 2.45) is 5.92 Å². The number of benzene rings is 2. The number of ether oxygens (including phenoxy) is 1. The minimum absolute atomic E-state index is 0.0746. The highest BCUT2D eigenvalue weighted by Crippen LogP contribution is 2.24. The second-order valence-corrected chi connectivity index (χ2v) is 7.94. The fraction of sp³-hybridized carbons (Fsp3) is 0.391. The summed E-state index contributed by atoms with van der Waals surface area (Å²) >= 11 is 0. The summed E-state index contributed by atoms with van der Waals surface area (Å²) in [5, 5.41) is 3.17. The molecule has 1 amide bonds. The van der Waals surface area contributed by atoms with Crippen LogP contribution >= 0.6 is 0 Å². The van der Waals surface area contributed by atoms with Crippen LogP contribution in [0.5, 0.6) is 5.75 Å². The predicted octanol–water partition coefficient (Wildman–Crippen LogP) is 3.70. The number of nitrogens with one attached hydrogen (secondary N) is 2. The highest BCUT2D eigenvalue weighted by molar-refractivity contribution is 5.97. The number of hydrogen-bond donors (Lipinski definition) is 2. The lowest BCUT2D eigenvalue weighted by Gasteiger charge is -2.29. The van der Waals surface area contributed by atoms with Gasteiger partial charge in [0.2, 0.25) is 0 Å². The van der Waals surface area contributed by atoms with Gasteiger partial charge >= 0.3 is 5.69 Å². The Bertz CT molecular complexity index is 1070. The molecule has 0 aliphatic heterocycles. The summed E-state index contributed by atoms with van der Waals surface area (Å²) < 4.78 is 6.86. The van der Waals surface area contributed by atoms with E-state index < -0.39 is 0 Å². The van der Waals surface area contributed by atoms with E-state index in [2.05, 4.69) is 17.2 Å². The van der Waals surface area contributed by atoms with Crippen molar-refractivity contribution in [2.75, 3.05) is 7.11 Å². The number of carbonyl (C=O) groups is 1. The Morgan fingerprint density at radius 3 is 2.66 bits per heavy atom. The largest absolute Gasteiger partial charge is 0.497 e. The zero-order valence-electron chi connectivity index (χ0n) is 16.9. The third kappa shape index (κ3) is 4.06. The number of imidazole rings is 1. The summed E-state index contributed by atoms with van der Waals surface area (Å²) in [6.45, 7) is 2.65. The maximum absolute atomic E-state index is 12.7. The summed E-state index contributed by atoms with van der Waals surface area (Å²) in [6.07, 6.45) is 4.59. The molecule has 1 heterocycles. The van der Waals surface area contributed by atoms with Gasteiger partial charge in [0.15, 0.2) is 0 Å². The van der Waals surface area contributed by atoms with Gasteiger partial charge in [-0.1, -0.05) is 31.9 Å². The number of aromatic amines is 1. The molecule has 0 saturated heterocycles. The second-order valence-electron chi connectivity index (χ2n) is 7.94. The maximum Gasteiger partial charge on any atom is 0.326 e. The molecule has 6 nitrogen and oxygen atoms in total. The lowest BCUT2D eigenvalue weighted by molar-refractivity contribution is 0.0910. The van der Waals surface area contributed by atoms with Crippen molar-refractivity contribution in [3.63, 3.8) is 0 Å². The Morgan fingerprint density at radius 1 is 1.17 bits per heavy atom. The van der Waals surface area contributed by atoms with Crippen molar-refractivity contribution in [1.82, 2.24) is 14.9 Å². The zero-order chi connectivity index (χ0) is 20.4. The van der Waals surface area contributed by atoms with Crippen LogP contribution in [0.1, 0.15) is 48.5 Å². The van der Waals surface area contributed by atoms with Crippen LogP contribution in [0.25, 0.3) is 11.0 Å². The fourth-order valence-corrected chi connectivity index (χ4v) is 4.16. The molecule has 1 fully saturated rings. The summed E-state index contributed by atoms with van der Waals surface area (Å²) in [5.74, 6) is 1.21. The number of carbonyl (C=O) groups excluding carboxylic acids is 1. The maximum atomic E-state index is 12.7. The van der Waals surface area contributed by atoms with Crippen molar-refractivity contribution in [1.29, 1.82) is 0 Å². The highest BCUT2D eigenvalue weighted by Gasteiger charge is 2.23. The Balaban J connectivity index is 1.55. The minimum atomic E-state index is -0.186. The van der Waals surface area contributed by atoms with Crippen molar-refractivity contribution >= 4 is 16.9 Å². The van der Waals surface area contributed by atoms with E-state index in [0.29, 0.717) is 23.5 Å². The van der Waals surface area contributed by atoms with E-state index in [1.54, 1.807) is 23.8 Å². The molecule has 4 rings (SSSR count). The van der Waals surface area contributed by atoms with Gasteiger partial charge in [-0.3, -0.25) is 9.36 Å². The van der Waals surface area contributed by atoms with Gasteiger partial charge in [0.25, 0.3) is 5.91 Å². The molecule has 1 aromatic heterocycles. The highest BCUT2D eigenvalue weighted by atomic mass is 16.5. The number of aromatic nitrogens is 2. The third-order valence-corrected chi connectivity index (χ3v) is 5.96. The Labute approximate surface area is 169 Å². The summed E-state index contributed by atoms with van der Waals surface area (Å²) in [4.78, 5) is 28.1. The van der Waals surface area contributed by atoms with Gasteiger partial charge in [-0.2, -0.15) is 0 Å². The second kappa shape index (κ2) is 8.15. The molecule has 2 N–H and O–H groups in total. The first kappa shape index (κ1) is 19.3. The number of H-pyrrole nitrogens is 1. The summed E-state index contributed by atoms with van der Waals surface area (Å²) in [7, 11) is 1.63. The van der Waals surface area contributed by atoms with Crippen LogP contribution in [-0.2, 0) is 6.54 Å². The van der Waals surface area contributed by atoms with E-state index in [1.165, 1.54) is 6.42 Å². The van der Waals surface area contributed by atoms with Gasteiger partial charge in [-0.25, -0.2) is 4.79 Å². The minimum Gasteiger partial charge on any atom is -0.497 e. The van der Waals surface area contributed by atoms with Gasteiger partial charge < -0.3 is 15.0 Å². The van der Waals surface area contributed by atoms with Crippen LogP contribution in [-0.4, -0.2) is 28.6 Å². The average molecular weight is 393 g/mol. The van der Waals surface area contributed by atoms with Gasteiger partial charge in [-0.15, -0.1) is 0 Å². The molecule has 1 saturated carbocycles. The predicted molar refractivity (Wildman–Crippen MR) is 114 cm³/mol. The first-order chi connectivity index (χ1) is 14.0. The molecular weight excluding hydrogens is 366 g/mol. The Morgan fingerprint density at radius 2 is 1.93 bits per heavy atom. The van der Waals surface area contributed by atoms with E-state index in [-0.39, 0.29) is 17.6 Å². The number of rotatable bonds is 5. The van der Waals surface area contributed by atoms with Crippen LogP contribution in [0.3, 0.4) is 0 Å². The molecule has 2 aromatic carbocycles. The lowest BCUT2D eigenvalue weighted by atomic mass is 9.86. The molecule has 0 spiro atoms. The summed E-state index contributed by atoms with van der Waals surface area (Å²) in [6, 6.07) is 13.3. The molecule has 1 aliphatic carbocycles. The Hall–Kier alpha value is -3.02. The molecule has 2 atom stereocenters. The smallest absolute Gasteiger partial charge is 0.326 e. The molecule has 1 aliphatic rings. The fourth-order valence-electron chi connectivity index (χ4n) is 4.16. The SMILES string of the molecule is COc1ccc(Cn2c(=O)[nH]c3cc(C(=O)NC4CCCCC4C)ccc32)cc1. The number of hydrogen-bond acceptors (Lipinski definition) is 3. The number of amides is 1. The monoisotopic (exact) mass is 393 g/mol. The molecule has 3 aromatic rings. The van der Waals surface area contributed by atoms with Gasteiger partial charge in [0.05, 0.1) is 24.7 Å². The molecule has 29 heavy (non-hydrogen) atoms. The zero-order valence-corrected chi connectivity index (χ0v) is 16.9. The molecular formula is C23H27N3O3. The molecule has 152 valence electrons. The standard InChI is InChI=1S/C23H27N3O3/c1-15-5-3-4-6-19(15)24-22(27)17-9-12-21-20(13-17)25-23(28)26(21)14-16-7-10-18(29-2)11-8-16/h7-13,15,19H,3-6,14H2,1-2H3,(H,24,27)(H,25,28). The van der Waals surface area contributed by atoms with E-state index in [1.807, 2.05) is 30.3 Å². The van der Waals surface area contributed by atoms with E-state index in [9.17, 15) is 9.59 Å². The Kier molecular flexibility index (Phi) is 5.43. The van der Waals surface area contributed by atoms with Crippen LogP contribution in [0.2, 0.25) is 0 Å². The third-order valence-electron chi connectivity index (χ3n) is 5.96. The average Bonchev–Trinajstić information content (AvgIpc) is 3.04. The first-order valence-electron chi connectivity index (χ1n) is 10.2. The molecule has 0 radical (unpaired) electrons. The van der Waals surface area contributed by atoms with Crippen LogP contribution in [0.15, 0.2) is 47.3 Å². The number of methoxy groups -OCH3 is 1. The van der Waals surface area contributed by atoms with Gasteiger partial charge in [0, 0.05) is 11.6 Å². The first-order valence-corrected chi connectivity index (χ1v) is 10.2. The number of fused-ring (bicyclic) bond motifs is 1. The van der Waals surface area contributed by atoms with E-state index in [0.717, 1.165) is 36.1 Å². The van der Waals surface area contributed by atoms with Crippen LogP contribution in [0, 0.1) is 5.92 Å². The molecule has 6 heteroatoms. The normalized spacial score (nSPS) is 19.2. The topological polar surface area (TPSA) is 76.1 Å². The van der Waals surface area contributed by atoms with Gasteiger partial charge in [-0.05, 0) is 54.7 Å². The quantitative estimate of drug-likeness (QED) is 0.694. The van der Waals surface area contributed by atoms with Gasteiger partial charge in [0.1, 0.15) is 5.75 Å².